The molecule has 0 aliphatic carbocycles. The standard InChI is InChI=1S/C8H14N4O3/c1-4(2)5(3-13)9-6-7(14)10-8(15)12-11-6/h4-5,13H,3H2,1-2H3,(H,9,11)(H2,10,12,14,15)/t5-/m1/s1. The van der Waals surface area contributed by atoms with Crippen molar-refractivity contribution in [2.45, 2.75) is 19.9 Å². The number of hydrogen-bond acceptors (Lipinski definition) is 5. The van der Waals surface area contributed by atoms with Crippen molar-refractivity contribution in [1.82, 2.24) is 15.2 Å². The van der Waals surface area contributed by atoms with E-state index >= 15 is 0 Å². The van der Waals surface area contributed by atoms with Crippen LogP contribution in [0.25, 0.3) is 0 Å². The van der Waals surface area contributed by atoms with E-state index in [1.165, 1.54) is 0 Å². The molecule has 0 radical (unpaired) electrons. The first-order valence-electron chi connectivity index (χ1n) is 4.61. The maximum Gasteiger partial charge on any atom is 0.342 e. The summed E-state index contributed by atoms with van der Waals surface area (Å²) >= 11 is 0. The fraction of sp³-hybridized carbons (Fsp3) is 0.625. The van der Waals surface area contributed by atoms with E-state index in [2.05, 4.69) is 15.5 Å². The summed E-state index contributed by atoms with van der Waals surface area (Å²) in [4.78, 5) is 23.9. The van der Waals surface area contributed by atoms with Gasteiger partial charge < -0.3 is 10.4 Å². The third-order valence-corrected chi connectivity index (χ3v) is 2.03. The van der Waals surface area contributed by atoms with Crippen molar-refractivity contribution >= 4 is 5.82 Å². The van der Waals surface area contributed by atoms with Crippen LogP contribution in [-0.4, -0.2) is 32.9 Å². The van der Waals surface area contributed by atoms with Gasteiger partial charge in [0.1, 0.15) is 0 Å². The molecule has 1 aromatic rings. The quantitative estimate of drug-likeness (QED) is 0.507. The van der Waals surface area contributed by atoms with Crippen molar-refractivity contribution in [2.24, 2.45) is 5.92 Å². The van der Waals surface area contributed by atoms with Crippen molar-refractivity contribution in [1.29, 1.82) is 0 Å². The van der Waals surface area contributed by atoms with Crippen molar-refractivity contribution in [2.75, 3.05) is 11.9 Å². The number of nitrogens with zero attached hydrogens (tertiary/aromatic N) is 1. The summed E-state index contributed by atoms with van der Waals surface area (Å²) in [6.45, 7) is 3.68. The van der Waals surface area contributed by atoms with E-state index in [0.717, 1.165) is 0 Å². The van der Waals surface area contributed by atoms with Crippen LogP contribution in [0.5, 0.6) is 0 Å². The van der Waals surface area contributed by atoms with Gasteiger partial charge in [-0.15, -0.1) is 5.10 Å². The SMILES string of the molecule is CC(C)[C@@H](CO)Nc1n[nH]c(=O)[nH]c1=O. The second kappa shape index (κ2) is 4.74. The molecular weight excluding hydrogens is 200 g/mol. The number of aromatic amines is 2. The summed E-state index contributed by atoms with van der Waals surface area (Å²) in [5, 5.41) is 17.4. The molecule has 4 N–H and O–H groups in total. The zero-order valence-electron chi connectivity index (χ0n) is 8.57. The van der Waals surface area contributed by atoms with Gasteiger partial charge in [0, 0.05) is 0 Å². The predicted octanol–water partition coefficient (Wildman–Crippen LogP) is -1.11. The molecule has 0 unspecified atom stereocenters. The predicted molar refractivity (Wildman–Crippen MR) is 54.8 cm³/mol. The van der Waals surface area contributed by atoms with Crippen molar-refractivity contribution in [3.8, 4) is 0 Å². The molecule has 0 aliphatic heterocycles. The summed E-state index contributed by atoms with van der Waals surface area (Å²) < 4.78 is 0. The Kier molecular flexibility index (Phi) is 3.62. The number of hydrogen-bond donors (Lipinski definition) is 4. The van der Waals surface area contributed by atoms with E-state index in [-0.39, 0.29) is 24.4 Å². The van der Waals surface area contributed by atoms with Crippen LogP contribution < -0.4 is 16.6 Å². The Morgan fingerprint density at radius 1 is 1.47 bits per heavy atom. The van der Waals surface area contributed by atoms with E-state index in [1.54, 1.807) is 0 Å². The van der Waals surface area contributed by atoms with E-state index in [0.29, 0.717) is 0 Å². The average molecular weight is 214 g/mol. The number of aromatic nitrogens is 3. The second-order valence-corrected chi connectivity index (χ2v) is 3.53. The zero-order valence-corrected chi connectivity index (χ0v) is 8.57. The lowest BCUT2D eigenvalue weighted by atomic mass is 10.1. The first kappa shape index (κ1) is 11.4. The van der Waals surface area contributed by atoms with Crippen LogP contribution in [0.15, 0.2) is 9.59 Å². The fourth-order valence-corrected chi connectivity index (χ4v) is 1.04. The molecule has 0 saturated carbocycles. The van der Waals surface area contributed by atoms with Gasteiger partial charge in [-0.05, 0) is 5.92 Å². The molecule has 84 valence electrons. The molecule has 1 aromatic heterocycles. The van der Waals surface area contributed by atoms with Crippen molar-refractivity contribution in [3.05, 3.63) is 20.8 Å². The number of aliphatic hydroxyl groups excluding tert-OH is 1. The zero-order chi connectivity index (χ0) is 11.4. The first-order valence-corrected chi connectivity index (χ1v) is 4.61. The Bertz CT molecular complexity index is 422. The number of aliphatic hydroxyl groups is 1. The average Bonchev–Trinajstić information content (AvgIpc) is 2.16. The maximum absolute atomic E-state index is 11.2. The summed E-state index contributed by atoms with van der Waals surface area (Å²) in [5.41, 5.74) is -1.26. The summed E-state index contributed by atoms with van der Waals surface area (Å²) in [7, 11) is 0. The number of anilines is 1. The number of nitrogens with one attached hydrogen (secondary N) is 3. The third kappa shape index (κ3) is 2.91. The van der Waals surface area contributed by atoms with Gasteiger partial charge in [0.2, 0.25) is 5.82 Å². The van der Waals surface area contributed by atoms with Crippen molar-refractivity contribution < 1.29 is 5.11 Å². The fourth-order valence-electron chi connectivity index (χ4n) is 1.04. The molecule has 0 saturated heterocycles. The Hall–Kier alpha value is -1.63. The van der Waals surface area contributed by atoms with Gasteiger partial charge in [0.25, 0.3) is 5.56 Å². The van der Waals surface area contributed by atoms with E-state index in [9.17, 15) is 9.59 Å². The second-order valence-electron chi connectivity index (χ2n) is 3.53. The number of H-pyrrole nitrogens is 2. The molecule has 0 aromatic carbocycles. The molecule has 7 heteroatoms. The van der Waals surface area contributed by atoms with Crippen LogP contribution in [0, 0.1) is 5.92 Å². The van der Waals surface area contributed by atoms with Gasteiger partial charge in [-0.3, -0.25) is 9.78 Å². The smallest absolute Gasteiger partial charge is 0.342 e. The van der Waals surface area contributed by atoms with E-state index in [1.807, 2.05) is 18.8 Å². The summed E-state index contributed by atoms with van der Waals surface area (Å²) in [5.74, 6) is 0.144. The minimum Gasteiger partial charge on any atom is -0.394 e. The van der Waals surface area contributed by atoms with Gasteiger partial charge in [-0.25, -0.2) is 9.89 Å². The lowest BCUT2D eigenvalue weighted by Gasteiger charge is -2.19. The van der Waals surface area contributed by atoms with Crippen LogP contribution >= 0.6 is 0 Å². The molecule has 7 nitrogen and oxygen atoms in total. The lowest BCUT2D eigenvalue weighted by molar-refractivity contribution is 0.249. The maximum atomic E-state index is 11.2. The van der Waals surface area contributed by atoms with E-state index in [4.69, 9.17) is 5.11 Å². The van der Waals surface area contributed by atoms with Gasteiger partial charge in [-0.2, -0.15) is 0 Å². The lowest BCUT2D eigenvalue weighted by Crippen LogP contribution is -2.35. The Labute approximate surface area is 85.6 Å². The molecule has 0 spiro atoms. The Balaban J connectivity index is 2.89. The molecule has 1 heterocycles. The van der Waals surface area contributed by atoms with Crippen LogP contribution in [0.3, 0.4) is 0 Å². The molecule has 1 atom stereocenters. The first-order chi connectivity index (χ1) is 7.04. The molecule has 0 bridgehead atoms. The molecule has 0 amide bonds. The van der Waals surface area contributed by atoms with Crippen LogP contribution in [0.4, 0.5) is 5.82 Å². The normalized spacial score (nSPS) is 12.8. The van der Waals surface area contributed by atoms with Gasteiger partial charge in [-0.1, -0.05) is 13.8 Å². The Morgan fingerprint density at radius 3 is 2.60 bits per heavy atom. The number of rotatable bonds is 4. The van der Waals surface area contributed by atoms with Gasteiger partial charge in [0.05, 0.1) is 12.6 Å². The van der Waals surface area contributed by atoms with Crippen LogP contribution in [0.2, 0.25) is 0 Å². The molecule has 0 fully saturated rings. The highest BCUT2D eigenvalue weighted by Crippen LogP contribution is 2.04. The minimum atomic E-state index is -0.657. The molecule has 15 heavy (non-hydrogen) atoms. The van der Waals surface area contributed by atoms with Crippen LogP contribution in [0.1, 0.15) is 13.8 Å². The summed E-state index contributed by atoms with van der Waals surface area (Å²) in [6, 6.07) is -0.274. The van der Waals surface area contributed by atoms with Crippen LogP contribution in [-0.2, 0) is 0 Å². The van der Waals surface area contributed by atoms with Crippen molar-refractivity contribution in [3.63, 3.8) is 0 Å². The third-order valence-electron chi connectivity index (χ3n) is 2.03. The highest BCUT2D eigenvalue weighted by atomic mass is 16.3. The summed E-state index contributed by atoms with van der Waals surface area (Å²) in [6.07, 6.45) is 0. The molecular formula is C8H14N4O3. The largest absolute Gasteiger partial charge is 0.394 e. The van der Waals surface area contributed by atoms with E-state index < -0.39 is 11.2 Å². The molecule has 0 aliphatic rings. The topological polar surface area (TPSA) is 111 Å². The Morgan fingerprint density at radius 2 is 2.13 bits per heavy atom. The minimum absolute atomic E-state index is 0.00218. The highest BCUT2D eigenvalue weighted by molar-refractivity contribution is 5.30. The van der Waals surface area contributed by atoms with Gasteiger partial charge >= 0.3 is 5.69 Å². The highest BCUT2D eigenvalue weighted by Gasteiger charge is 2.14. The van der Waals surface area contributed by atoms with Gasteiger partial charge in [0.15, 0.2) is 0 Å². The monoisotopic (exact) mass is 214 g/mol. The molecule has 1 rings (SSSR count).